The summed E-state index contributed by atoms with van der Waals surface area (Å²) in [6, 6.07) is 15.9. The fraction of sp³-hybridized carbons (Fsp3) is 0.440. The van der Waals surface area contributed by atoms with Crippen LogP contribution < -0.4 is 20.3 Å². The van der Waals surface area contributed by atoms with Gasteiger partial charge in [-0.25, -0.2) is 0 Å². The number of benzene rings is 2. The standard InChI is InChI=1S/C25H35N5O2/c1-25(2,3)28-23(31)20-9-6-8-19(16-20)18-27-24(26-4)30-14-12-29(13-15-30)21-10-7-11-22(17-21)32-5/h6-11,16-17H,12-15,18H2,1-5H3,(H,26,27)(H,28,31). The monoisotopic (exact) mass is 437 g/mol. The zero-order valence-corrected chi connectivity index (χ0v) is 19.8. The lowest BCUT2D eigenvalue weighted by atomic mass is 10.1. The van der Waals surface area contributed by atoms with E-state index in [1.54, 1.807) is 7.11 Å². The van der Waals surface area contributed by atoms with Gasteiger partial charge in [-0.15, -0.1) is 0 Å². The summed E-state index contributed by atoms with van der Waals surface area (Å²) >= 11 is 0. The van der Waals surface area contributed by atoms with Gasteiger partial charge in [-0.3, -0.25) is 9.79 Å². The number of amides is 1. The minimum absolute atomic E-state index is 0.0580. The Morgan fingerprint density at radius 2 is 1.78 bits per heavy atom. The zero-order valence-electron chi connectivity index (χ0n) is 19.8. The number of piperazine rings is 1. The maximum Gasteiger partial charge on any atom is 0.251 e. The first-order valence-electron chi connectivity index (χ1n) is 11.0. The number of nitrogens with zero attached hydrogens (tertiary/aromatic N) is 3. The molecule has 1 heterocycles. The van der Waals surface area contributed by atoms with Crippen molar-refractivity contribution in [3.8, 4) is 5.75 Å². The number of hydrogen-bond donors (Lipinski definition) is 2. The van der Waals surface area contributed by atoms with Crippen molar-refractivity contribution in [3.05, 3.63) is 59.7 Å². The van der Waals surface area contributed by atoms with E-state index in [4.69, 9.17) is 4.74 Å². The summed E-state index contributed by atoms with van der Waals surface area (Å²) in [5.41, 5.74) is 2.63. The van der Waals surface area contributed by atoms with Crippen molar-refractivity contribution in [2.75, 3.05) is 45.2 Å². The average Bonchev–Trinajstić information content (AvgIpc) is 2.79. The molecular formula is C25H35N5O2. The van der Waals surface area contributed by atoms with Gasteiger partial charge < -0.3 is 25.2 Å². The highest BCUT2D eigenvalue weighted by Crippen LogP contribution is 2.22. The molecule has 1 aliphatic heterocycles. The number of aliphatic imine (C=N–C) groups is 1. The molecule has 7 nitrogen and oxygen atoms in total. The highest BCUT2D eigenvalue weighted by Gasteiger charge is 2.20. The van der Waals surface area contributed by atoms with Gasteiger partial charge in [-0.05, 0) is 50.6 Å². The first kappa shape index (κ1) is 23.4. The number of carbonyl (C=O) groups excluding carboxylic acids is 1. The summed E-state index contributed by atoms with van der Waals surface area (Å²) in [5.74, 6) is 1.69. The van der Waals surface area contributed by atoms with Crippen molar-refractivity contribution in [2.45, 2.75) is 32.9 Å². The molecule has 172 valence electrons. The summed E-state index contributed by atoms with van der Waals surface area (Å²) in [5, 5.41) is 6.46. The molecule has 0 aromatic heterocycles. The minimum atomic E-state index is -0.263. The lowest BCUT2D eigenvalue weighted by Gasteiger charge is -2.37. The number of hydrogen-bond acceptors (Lipinski definition) is 4. The Kier molecular flexibility index (Phi) is 7.62. The van der Waals surface area contributed by atoms with Gasteiger partial charge in [0.15, 0.2) is 5.96 Å². The second-order valence-electron chi connectivity index (χ2n) is 8.98. The first-order valence-corrected chi connectivity index (χ1v) is 11.0. The van der Waals surface area contributed by atoms with Crippen LogP contribution in [-0.4, -0.2) is 62.6 Å². The van der Waals surface area contributed by atoms with Crippen LogP contribution in [-0.2, 0) is 6.54 Å². The number of methoxy groups -OCH3 is 1. The molecular weight excluding hydrogens is 402 g/mol. The van der Waals surface area contributed by atoms with Gasteiger partial charge in [-0.2, -0.15) is 0 Å². The van der Waals surface area contributed by atoms with Crippen molar-refractivity contribution >= 4 is 17.6 Å². The van der Waals surface area contributed by atoms with Gasteiger partial charge in [-0.1, -0.05) is 18.2 Å². The molecule has 2 aromatic carbocycles. The summed E-state index contributed by atoms with van der Waals surface area (Å²) < 4.78 is 5.35. The smallest absolute Gasteiger partial charge is 0.251 e. The molecule has 0 bridgehead atoms. The predicted molar refractivity (Wildman–Crippen MR) is 131 cm³/mol. The van der Waals surface area contributed by atoms with Crippen LogP contribution in [0.3, 0.4) is 0 Å². The van der Waals surface area contributed by atoms with Crippen LogP contribution in [0, 0.1) is 0 Å². The summed E-state index contributed by atoms with van der Waals surface area (Å²) in [7, 11) is 3.50. The largest absolute Gasteiger partial charge is 0.497 e. The van der Waals surface area contributed by atoms with E-state index in [1.807, 2.05) is 64.2 Å². The maximum atomic E-state index is 12.5. The molecule has 3 rings (SSSR count). The van der Waals surface area contributed by atoms with Crippen LogP contribution in [0.4, 0.5) is 5.69 Å². The van der Waals surface area contributed by atoms with E-state index >= 15 is 0 Å². The fourth-order valence-corrected chi connectivity index (χ4v) is 3.73. The predicted octanol–water partition coefficient (Wildman–Crippen LogP) is 3.12. The number of nitrogens with one attached hydrogen (secondary N) is 2. The molecule has 0 aliphatic carbocycles. The van der Waals surface area contributed by atoms with Crippen LogP contribution >= 0.6 is 0 Å². The average molecular weight is 438 g/mol. The molecule has 32 heavy (non-hydrogen) atoms. The number of anilines is 1. The summed E-state index contributed by atoms with van der Waals surface area (Å²) in [4.78, 5) is 21.6. The molecule has 2 N–H and O–H groups in total. The first-order chi connectivity index (χ1) is 15.3. The molecule has 7 heteroatoms. The highest BCUT2D eigenvalue weighted by molar-refractivity contribution is 5.94. The quantitative estimate of drug-likeness (QED) is 0.556. The Bertz CT molecular complexity index is 943. The Labute approximate surface area is 191 Å². The molecule has 1 amide bonds. The molecule has 0 atom stereocenters. The van der Waals surface area contributed by atoms with Gasteiger partial charge in [0, 0.05) is 62.6 Å². The molecule has 1 aliphatic rings. The Balaban J connectivity index is 1.55. The Morgan fingerprint density at radius 1 is 1.06 bits per heavy atom. The number of ether oxygens (including phenoxy) is 1. The Hall–Kier alpha value is -3.22. The Morgan fingerprint density at radius 3 is 2.44 bits per heavy atom. The van der Waals surface area contributed by atoms with E-state index in [2.05, 4.69) is 37.6 Å². The third kappa shape index (κ3) is 6.39. The van der Waals surface area contributed by atoms with Crippen LogP contribution in [0.15, 0.2) is 53.5 Å². The third-order valence-corrected chi connectivity index (χ3v) is 5.34. The summed E-state index contributed by atoms with van der Waals surface area (Å²) in [6.07, 6.45) is 0. The summed E-state index contributed by atoms with van der Waals surface area (Å²) in [6.45, 7) is 10.1. The van der Waals surface area contributed by atoms with E-state index in [0.29, 0.717) is 12.1 Å². The van der Waals surface area contributed by atoms with Crippen molar-refractivity contribution in [3.63, 3.8) is 0 Å². The normalized spacial score (nSPS) is 14.8. The third-order valence-electron chi connectivity index (χ3n) is 5.34. The van der Waals surface area contributed by atoms with Gasteiger partial charge in [0.1, 0.15) is 5.75 Å². The minimum Gasteiger partial charge on any atom is -0.497 e. The maximum absolute atomic E-state index is 12.5. The van der Waals surface area contributed by atoms with E-state index in [-0.39, 0.29) is 11.4 Å². The van der Waals surface area contributed by atoms with Crippen LogP contribution in [0.2, 0.25) is 0 Å². The van der Waals surface area contributed by atoms with Gasteiger partial charge >= 0.3 is 0 Å². The van der Waals surface area contributed by atoms with Crippen LogP contribution in [0.25, 0.3) is 0 Å². The number of carbonyl (C=O) groups is 1. The molecule has 2 aromatic rings. The van der Waals surface area contributed by atoms with Gasteiger partial charge in [0.2, 0.25) is 0 Å². The zero-order chi connectivity index (χ0) is 23.1. The van der Waals surface area contributed by atoms with E-state index in [0.717, 1.165) is 43.5 Å². The molecule has 0 unspecified atom stereocenters. The van der Waals surface area contributed by atoms with Crippen molar-refractivity contribution in [1.29, 1.82) is 0 Å². The van der Waals surface area contributed by atoms with E-state index in [1.165, 1.54) is 5.69 Å². The number of guanidine groups is 1. The van der Waals surface area contributed by atoms with E-state index < -0.39 is 0 Å². The fourth-order valence-electron chi connectivity index (χ4n) is 3.73. The molecule has 0 radical (unpaired) electrons. The second kappa shape index (κ2) is 10.4. The van der Waals surface area contributed by atoms with Crippen molar-refractivity contribution in [2.24, 2.45) is 4.99 Å². The number of rotatable bonds is 5. The highest BCUT2D eigenvalue weighted by atomic mass is 16.5. The van der Waals surface area contributed by atoms with Gasteiger partial charge in [0.05, 0.1) is 7.11 Å². The van der Waals surface area contributed by atoms with Crippen molar-refractivity contribution in [1.82, 2.24) is 15.5 Å². The van der Waals surface area contributed by atoms with Crippen LogP contribution in [0.5, 0.6) is 5.75 Å². The SMILES string of the molecule is CN=C(NCc1cccc(C(=O)NC(C)(C)C)c1)N1CCN(c2cccc(OC)c2)CC1. The van der Waals surface area contributed by atoms with Crippen LogP contribution in [0.1, 0.15) is 36.7 Å². The van der Waals surface area contributed by atoms with Crippen molar-refractivity contribution < 1.29 is 9.53 Å². The molecule has 1 saturated heterocycles. The molecule has 1 fully saturated rings. The van der Waals surface area contributed by atoms with Gasteiger partial charge in [0.25, 0.3) is 5.91 Å². The molecule has 0 saturated carbocycles. The molecule has 0 spiro atoms. The van der Waals surface area contributed by atoms with E-state index in [9.17, 15) is 4.79 Å². The topological polar surface area (TPSA) is 69.2 Å². The lowest BCUT2D eigenvalue weighted by Crippen LogP contribution is -2.52. The lowest BCUT2D eigenvalue weighted by molar-refractivity contribution is 0.0919. The second-order valence-corrected chi connectivity index (χ2v) is 8.98.